The zero-order valence-corrected chi connectivity index (χ0v) is 16.3. The largest absolute Gasteiger partial charge is 0.573 e. The maximum atomic E-state index is 13.0. The summed E-state index contributed by atoms with van der Waals surface area (Å²) in [5, 5.41) is 2.81. The number of hydrogen-bond acceptors (Lipinski definition) is 4. The van der Waals surface area contributed by atoms with Gasteiger partial charge in [0.05, 0.1) is 5.57 Å². The van der Waals surface area contributed by atoms with Crippen LogP contribution in [-0.4, -0.2) is 29.6 Å². The summed E-state index contributed by atoms with van der Waals surface area (Å²) >= 11 is 0. The lowest BCUT2D eigenvalue weighted by molar-refractivity contribution is -0.274. The van der Waals surface area contributed by atoms with Gasteiger partial charge in [-0.3, -0.25) is 14.5 Å². The topological polar surface area (TPSA) is 58.6 Å². The molecule has 0 aliphatic carbocycles. The highest BCUT2D eigenvalue weighted by atomic mass is 19.4. The summed E-state index contributed by atoms with van der Waals surface area (Å²) in [6, 6.07) is 10.5. The lowest BCUT2D eigenvalue weighted by atomic mass is 9.97. The number of alkyl halides is 3. The van der Waals surface area contributed by atoms with Gasteiger partial charge in [0.25, 0.3) is 11.8 Å². The van der Waals surface area contributed by atoms with Crippen LogP contribution in [0.4, 0.5) is 18.9 Å². The van der Waals surface area contributed by atoms with Gasteiger partial charge >= 0.3 is 6.36 Å². The molecule has 0 unspecified atom stereocenters. The molecule has 1 heterocycles. The van der Waals surface area contributed by atoms with Crippen LogP contribution in [0.2, 0.25) is 0 Å². The second-order valence-corrected chi connectivity index (χ2v) is 6.78. The minimum absolute atomic E-state index is 0.00841. The van der Waals surface area contributed by atoms with Crippen molar-refractivity contribution < 1.29 is 27.5 Å². The fourth-order valence-corrected chi connectivity index (χ4v) is 3.25. The van der Waals surface area contributed by atoms with Crippen LogP contribution >= 0.6 is 0 Å². The van der Waals surface area contributed by atoms with E-state index in [1.165, 1.54) is 18.2 Å². The van der Waals surface area contributed by atoms with Crippen LogP contribution in [0.1, 0.15) is 16.7 Å². The van der Waals surface area contributed by atoms with E-state index in [0.717, 1.165) is 28.2 Å². The number of rotatable bonds is 6. The molecule has 8 heteroatoms. The average Bonchev–Trinajstić information content (AvgIpc) is 2.86. The van der Waals surface area contributed by atoms with Gasteiger partial charge in [0, 0.05) is 18.3 Å². The van der Waals surface area contributed by atoms with Crippen molar-refractivity contribution in [1.82, 2.24) is 4.90 Å². The smallest absolute Gasteiger partial charge is 0.406 e. The van der Waals surface area contributed by atoms with Gasteiger partial charge in [0.15, 0.2) is 0 Å². The number of carbonyl (C=O) groups excluding carboxylic acids is 2. The number of halogens is 3. The number of anilines is 1. The summed E-state index contributed by atoms with van der Waals surface area (Å²) in [7, 11) is 0. The van der Waals surface area contributed by atoms with Gasteiger partial charge in [-0.1, -0.05) is 35.9 Å². The molecule has 1 aliphatic rings. The van der Waals surface area contributed by atoms with Crippen LogP contribution in [0.25, 0.3) is 5.57 Å². The van der Waals surface area contributed by atoms with E-state index in [-0.39, 0.29) is 23.5 Å². The Hall–Kier alpha value is -3.55. The molecule has 0 fully saturated rings. The van der Waals surface area contributed by atoms with Crippen LogP contribution in [0, 0.1) is 13.8 Å². The lowest BCUT2D eigenvalue weighted by Crippen LogP contribution is -2.32. The van der Waals surface area contributed by atoms with Crippen molar-refractivity contribution in [2.24, 2.45) is 0 Å². The second-order valence-electron chi connectivity index (χ2n) is 6.78. The van der Waals surface area contributed by atoms with Gasteiger partial charge in [-0.05, 0) is 37.1 Å². The average molecular weight is 416 g/mol. The van der Waals surface area contributed by atoms with Crippen molar-refractivity contribution in [3.63, 3.8) is 0 Å². The molecular weight excluding hydrogens is 397 g/mol. The van der Waals surface area contributed by atoms with Crippen molar-refractivity contribution in [2.75, 3.05) is 11.9 Å². The maximum Gasteiger partial charge on any atom is 0.573 e. The molecule has 2 aromatic carbocycles. The highest BCUT2D eigenvalue weighted by Gasteiger charge is 2.39. The summed E-state index contributed by atoms with van der Waals surface area (Å²) < 4.78 is 41.5. The Morgan fingerprint density at radius 1 is 1.10 bits per heavy atom. The minimum Gasteiger partial charge on any atom is -0.406 e. The normalized spacial score (nSPS) is 14.4. The Morgan fingerprint density at radius 2 is 1.83 bits per heavy atom. The monoisotopic (exact) mass is 416 g/mol. The van der Waals surface area contributed by atoms with Gasteiger partial charge in [0.1, 0.15) is 11.4 Å². The molecule has 0 radical (unpaired) electrons. The fraction of sp³-hybridized carbons (Fsp3) is 0.182. The van der Waals surface area contributed by atoms with Crippen molar-refractivity contribution in [3.05, 3.63) is 77.5 Å². The van der Waals surface area contributed by atoms with Crippen LogP contribution < -0.4 is 10.1 Å². The number of aryl methyl sites for hydroxylation is 2. The van der Waals surface area contributed by atoms with E-state index in [9.17, 15) is 22.8 Å². The van der Waals surface area contributed by atoms with Crippen LogP contribution in [-0.2, 0) is 9.59 Å². The van der Waals surface area contributed by atoms with Gasteiger partial charge in [-0.2, -0.15) is 0 Å². The Balaban J connectivity index is 2.06. The van der Waals surface area contributed by atoms with Crippen LogP contribution in [0.5, 0.6) is 5.75 Å². The predicted molar refractivity (Wildman–Crippen MR) is 107 cm³/mol. The number of nitrogens with zero attached hydrogens (tertiary/aromatic N) is 1. The molecule has 0 saturated carbocycles. The van der Waals surface area contributed by atoms with Gasteiger partial charge in [0.2, 0.25) is 0 Å². The third-order valence-electron chi connectivity index (χ3n) is 4.47. The fourth-order valence-electron chi connectivity index (χ4n) is 3.25. The molecule has 0 spiro atoms. The zero-order valence-electron chi connectivity index (χ0n) is 16.3. The molecule has 0 bridgehead atoms. The molecule has 1 aliphatic heterocycles. The van der Waals surface area contributed by atoms with E-state index < -0.39 is 23.9 Å². The maximum absolute atomic E-state index is 13.0. The highest BCUT2D eigenvalue weighted by Crippen LogP contribution is 2.33. The molecule has 0 saturated heterocycles. The Morgan fingerprint density at radius 3 is 2.47 bits per heavy atom. The molecule has 0 atom stereocenters. The molecule has 5 nitrogen and oxygen atoms in total. The quantitative estimate of drug-likeness (QED) is 0.553. The number of benzene rings is 2. The summed E-state index contributed by atoms with van der Waals surface area (Å²) in [4.78, 5) is 26.9. The first-order valence-corrected chi connectivity index (χ1v) is 9.02. The second kappa shape index (κ2) is 8.06. The third kappa shape index (κ3) is 4.37. The Bertz CT molecular complexity index is 1060. The van der Waals surface area contributed by atoms with E-state index in [0.29, 0.717) is 5.56 Å². The number of ether oxygens (including phenoxy) is 1. The first-order chi connectivity index (χ1) is 14.1. The number of carbonyl (C=O) groups is 2. The first kappa shape index (κ1) is 21.2. The zero-order chi connectivity index (χ0) is 22.1. The lowest BCUT2D eigenvalue weighted by Gasteiger charge is -2.13. The van der Waals surface area contributed by atoms with Crippen molar-refractivity contribution >= 4 is 23.1 Å². The highest BCUT2D eigenvalue weighted by molar-refractivity contribution is 6.36. The Labute approximate surface area is 171 Å². The van der Waals surface area contributed by atoms with E-state index in [1.807, 2.05) is 26.0 Å². The first-order valence-electron chi connectivity index (χ1n) is 9.02. The molecule has 0 aromatic heterocycles. The van der Waals surface area contributed by atoms with Crippen LogP contribution in [0.3, 0.4) is 0 Å². The summed E-state index contributed by atoms with van der Waals surface area (Å²) in [5.74, 6) is -1.53. The molecular formula is C22H19F3N2O3. The molecule has 2 amide bonds. The summed E-state index contributed by atoms with van der Waals surface area (Å²) in [6.45, 7) is 7.30. The van der Waals surface area contributed by atoms with E-state index in [2.05, 4.69) is 16.6 Å². The van der Waals surface area contributed by atoms with Crippen molar-refractivity contribution in [3.8, 4) is 5.75 Å². The molecule has 156 valence electrons. The number of hydrogen-bond donors (Lipinski definition) is 1. The third-order valence-corrected chi connectivity index (χ3v) is 4.47. The molecule has 1 N–H and O–H groups in total. The number of imide groups is 1. The van der Waals surface area contributed by atoms with Gasteiger partial charge < -0.3 is 10.1 Å². The standard InChI is InChI=1S/C22H19F3N2O3/c1-4-10-27-20(28)18(17-9-8-13(2)11-14(17)3)19(21(27)29)26-15-6-5-7-16(12-15)30-22(23,24)25/h4-9,11-12,26H,1,10H2,2-3H3. The van der Waals surface area contributed by atoms with Crippen LogP contribution in [0.15, 0.2) is 60.8 Å². The molecule has 30 heavy (non-hydrogen) atoms. The summed E-state index contributed by atoms with van der Waals surface area (Å²) in [5.41, 5.74) is 2.66. The molecule has 2 aromatic rings. The predicted octanol–water partition coefficient (Wildman–Crippen LogP) is 4.58. The van der Waals surface area contributed by atoms with Crippen molar-refractivity contribution in [1.29, 1.82) is 0 Å². The minimum atomic E-state index is -4.85. The Kier molecular flexibility index (Phi) is 5.69. The summed E-state index contributed by atoms with van der Waals surface area (Å²) in [6.07, 6.45) is -3.42. The SMILES string of the molecule is C=CCN1C(=O)C(Nc2cccc(OC(F)(F)F)c2)=C(c2ccc(C)cc2C)C1=O. The molecule has 3 rings (SSSR count). The van der Waals surface area contributed by atoms with Gasteiger partial charge in [-0.15, -0.1) is 19.8 Å². The van der Waals surface area contributed by atoms with Gasteiger partial charge in [-0.25, -0.2) is 0 Å². The van der Waals surface area contributed by atoms with E-state index >= 15 is 0 Å². The van der Waals surface area contributed by atoms with Crippen molar-refractivity contribution in [2.45, 2.75) is 20.2 Å². The van der Waals surface area contributed by atoms with E-state index in [4.69, 9.17) is 0 Å². The van der Waals surface area contributed by atoms with E-state index in [1.54, 1.807) is 6.07 Å². The number of nitrogens with one attached hydrogen (secondary N) is 1. The number of amides is 2.